The highest BCUT2D eigenvalue weighted by Crippen LogP contribution is 2.31. The molecular weight excluding hydrogens is 412 g/mol. The van der Waals surface area contributed by atoms with Crippen molar-refractivity contribution in [2.45, 2.75) is 13.3 Å². The van der Waals surface area contributed by atoms with E-state index in [0.29, 0.717) is 17.8 Å². The van der Waals surface area contributed by atoms with Gasteiger partial charge in [-0.2, -0.15) is 0 Å². The van der Waals surface area contributed by atoms with Crippen LogP contribution in [0.2, 0.25) is 0 Å². The van der Waals surface area contributed by atoms with Gasteiger partial charge in [-0.3, -0.25) is 9.59 Å². The van der Waals surface area contributed by atoms with Gasteiger partial charge >= 0.3 is 5.97 Å². The third-order valence-corrected chi connectivity index (χ3v) is 4.95. The molecule has 1 atom stereocenters. The van der Waals surface area contributed by atoms with Crippen LogP contribution < -0.4 is 10.2 Å². The first-order chi connectivity index (χ1) is 13.0. The Morgan fingerprint density at radius 3 is 2.74 bits per heavy atom. The average molecular weight is 431 g/mol. The van der Waals surface area contributed by atoms with Crippen LogP contribution in [-0.2, 0) is 14.3 Å². The molecule has 0 aromatic heterocycles. The lowest BCUT2D eigenvalue weighted by Gasteiger charge is -2.18. The molecule has 1 aliphatic heterocycles. The largest absolute Gasteiger partial charge is 0.462 e. The molecule has 6 nitrogen and oxygen atoms in total. The lowest BCUT2D eigenvalue weighted by atomic mass is 10.1. The number of rotatable bonds is 5. The van der Waals surface area contributed by atoms with Gasteiger partial charge in [-0.05, 0) is 53.2 Å². The van der Waals surface area contributed by atoms with Gasteiger partial charge in [0.05, 0.1) is 23.8 Å². The van der Waals surface area contributed by atoms with Crippen molar-refractivity contribution in [1.82, 2.24) is 0 Å². The number of hydrogen-bond donors (Lipinski definition) is 1. The fourth-order valence-electron chi connectivity index (χ4n) is 2.97. The normalized spacial score (nSPS) is 16.3. The van der Waals surface area contributed by atoms with Crippen LogP contribution in [0.4, 0.5) is 11.4 Å². The summed E-state index contributed by atoms with van der Waals surface area (Å²) in [5.74, 6) is -1.25. The molecule has 1 heterocycles. The first kappa shape index (κ1) is 19.1. The van der Waals surface area contributed by atoms with Crippen LogP contribution >= 0.6 is 15.9 Å². The zero-order valence-electron chi connectivity index (χ0n) is 14.8. The van der Waals surface area contributed by atoms with Crippen molar-refractivity contribution in [1.29, 1.82) is 0 Å². The van der Waals surface area contributed by atoms with Crippen LogP contribution in [0.3, 0.4) is 0 Å². The summed E-state index contributed by atoms with van der Waals surface area (Å²) in [4.78, 5) is 38.4. The molecular formula is C20H19BrN2O4. The summed E-state index contributed by atoms with van der Waals surface area (Å²) >= 11 is 3.44. The van der Waals surface area contributed by atoms with E-state index in [-0.39, 0.29) is 24.8 Å². The van der Waals surface area contributed by atoms with Gasteiger partial charge in [0, 0.05) is 23.1 Å². The molecule has 1 N–H and O–H groups in total. The van der Waals surface area contributed by atoms with E-state index in [4.69, 9.17) is 4.74 Å². The molecule has 0 spiro atoms. The van der Waals surface area contributed by atoms with Gasteiger partial charge in [-0.1, -0.05) is 18.2 Å². The maximum absolute atomic E-state index is 12.6. The van der Waals surface area contributed by atoms with Crippen LogP contribution in [0.15, 0.2) is 53.0 Å². The van der Waals surface area contributed by atoms with E-state index in [1.54, 1.807) is 36.1 Å². The lowest BCUT2D eigenvalue weighted by molar-refractivity contribution is -0.122. The highest BCUT2D eigenvalue weighted by molar-refractivity contribution is 9.10. The molecule has 0 radical (unpaired) electrons. The maximum atomic E-state index is 12.6. The highest BCUT2D eigenvalue weighted by Gasteiger charge is 2.35. The van der Waals surface area contributed by atoms with Crippen LogP contribution in [-0.4, -0.2) is 30.9 Å². The van der Waals surface area contributed by atoms with E-state index in [2.05, 4.69) is 21.2 Å². The Labute approximate surface area is 165 Å². The summed E-state index contributed by atoms with van der Waals surface area (Å²) < 4.78 is 5.78. The minimum Gasteiger partial charge on any atom is -0.462 e. The molecule has 1 saturated heterocycles. The summed E-state index contributed by atoms with van der Waals surface area (Å²) in [6, 6.07) is 14.0. The monoisotopic (exact) mass is 430 g/mol. The Kier molecular flexibility index (Phi) is 5.91. The quantitative estimate of drug-likeness (QED) is 0.734. The first-order valence-electron chi connectivity index (χ1n) is 8.62. The summed E-state index contributed by atoms with van der Waals surface area (Å²) in [6.07, 6.45) is 0.144. The van der Waals surface area contributed by atoms with Gasteiger partial charge in [0.2, 0.25) is 11.8 Å². The third kappa shape index (κ3) is 4.36. The van der Waals surface area contributed by atoms with Crippen LogP contribution in [0, 0.1) is 5.92 Å². The Morgan fingerprint density at radius 2 is 2.00 bits per heavy atom. The van der Waals surface area contributed by atoms with Crippen molar-refractivity contribution < 1.29 is 19.1 Å². The predicted molar refractivity (Wildman–Crippen MR) is 106 cm³/mol. The van der Waals surface area contributed by atoms with Gasteiger partial charge < -0.3 is 15.0 Å². The van der Waals surface area contributed by atoms with Crippen molar-refractivity contribution in [3.05, 3.63) is 58.6 Å². The summed E-state index contributed by atoms with van der Waals surface area (Å²) in [7, 11) is 0. The van der Waals surface area contributed by atoms with Gasteiger partial charge in [-0.25, -0.2) is 4.79 Å². The van der Waals surface area contributed by atoms with E-state index in [1.165, 1.54) is 0 Å². The van der Waals surface area contributed by atoms with Crippen molar-refractivity contribution >= 4 is 45.1 Å². The van der Waals surface area contributed by atoms with Crippen LogP contribution in [0.25, 0.3) is 0 Å². The second kappa shape index (κ2) is 8.35. The molecule has 1 fully saturated rings. The Morgan fingerprint density at radius 1 is 1.22 bits per heavy atom. The SMILES string of the molecule is CCOC(=O)c1cccc(NC(=O)C2CC(=O)N(c3ccccc3Br)C2)c1. The molecule has 2 aromatic carbocycles. The molecule has 0 saturated carbocycles. The number of halogens is 1. The molecule has 1 unspecified atom stereocenters. The van der Waals surface area contributed by atoms with E-state index in [0.717, 1.165) is 10.2 Å². The zero-order valence-corrected chi connectivity index (χ0v) is 16.4. The molecule has 0 aliphatic carbocycles. The van der Waals surface area contributed by atoms with E-state index in [1.807, 2.05) is 24.3 Å². The number of anilines is 2. The number of carbonyl (C=O) groups is 3. The molecule has 1 aliphatic rings. The van der Waals surface area contributed by atoms with Gasteiger partial charge in [0.15, 0.2) is 0 Å². The Hall–Kier alpha value is -2.67. The van der Waals surface area contributed by atoms with Gasteiger partial charge in [0.1, 0.15) is 0 Å². The van der Waals surface area contributed by atoms with Crippen molar-refractivity contribution in [3.8, 4) is 0 Å². The second-order valence-corrected chi connectivity index (χ2v) is 7.00. The number of amides is 2. The van der Waals surface area contributed by atoms with Crippen LogP contribution in [0.5, 0.6) is 0 Å². The fraction of sp³-hybridized carbons (Fsp3) is 0.250. The lowest BCUT2D eigenvalue weighted by Crippen LogP contribution is -2.28. The number of nitrogens with one attached hydrogen (secondary N) is 1. The minimum atomic E-state index is -0.462. The summed E-state index contributed by atoms with van der Waals surface area (Å²) in [6.45, 7) is 2.33. The summed E-state index contributed by atoms with van der Waals surface area (Å²) in [5, 5.41) is 2.79. The van der Waals surface area contributed by atoms with E-state index < -0.39 is 11.9 Å². The Bertz CT molecular complexity index is 884. The van der Waals surface area contributed by atoms with Gasteiger partial charge in [0.25, 0.3) is 0 Å². The second-order valence-electron chi connectivity index (χ2n) is 6.15. The van der Waals surface area contributed by atoms with Crippen molar-refractivity contribution in [2.75, 3.05) is 23.4 Å². The van der Waals surface area contributed by atoms with Crippen molar-refractivity contribution in [3.63, 3.8) is 0 Å². The highest BCUT2D eigenvalue weighted by atomic mass is 79.9. The van der Waals surface area contributed by atoms with Crippen LogP contribution in [0.1, 0.15) is 23.7 Å². The number of benzene rings is 2. The average Bonchev–Trinajstić information content (AvgIpc) is 3.04. The molecule has 7 heteroatoms. The Balaban J connectivity index is 1.69. The molecule has 0 bridgehead atoms. The molecule has 2 aromatic rings. The van der Waals surface area contributed by atoms with Gasteiger partial charge in [-0.15, -0.1) is 0 Å². The zero-order chi connectivity index (χ0) is 19.4. The number of nitrogens with zero attached hydrogens (tertiary/aromatic N) is 1. The predicted octanol–water partition coefficient (Wildman–Crippen LogP) is 3.62. The molecule has 140 valence electrons. The van der Waals surface area contributed by atoms with Crippen molar-refractivity contribution in [2.24, 2.45) is 5.92 Å². The van der Waals surface area contributed by atoms with E-state index >= 15 is 0 Å². The number of carbonyl (C=O) groups excluding carboxylic acids is 3. The first-order valence-corrected chi connectivity index (χ1v) is 9.42. The topological polar surface area (TPSA) is 75.7 Å². The summed E-state index contributed by atoms with van der Waals surface area (Å²) in [5.41, 5.74) is 1.62. The molecule has 3 rings (SSSR count). The maximum Gasteiger partial charge on any atom is 0.338 e. The number of ether oxygens (including phenoxy) is 1. The fourth-order valence-corrected chi connectivity index (χ4v) is 3.47. The van der Waals surface area contributed by atoms with E-state index in [9.17, 15) is 14.4 Å². The molecule has 27 heavy (non-hydrogen) atoms. The number of hydrogen-bond acceptors (Lipinski definition) is 4. The number of para-hydroxylation sites is 1. The minimum absolute atomic E-state index is 0.0951. The smallest absolute Gasteiger partial charge is 0.338 e. The number of esters is 1. The third-order valence-electron chi connectivity index (χ3n) is 4.28. The standard InChI is InChI=1S/C20H19BrN2O4/c1-2-27-20(26)13-6-5-7-15(10-13)22-19(25)14-11-18(24)23(12-14)17-9-4-3-8-16(17)21/h3-10,14H,2,11-12H2,1H3,(H,22,25). The molecule has 2 amide bonds.